The van der Waals surface area contributed by atoms with Crippen LogP contribution in [0.1, 0.15) is 12.0 Å². The lowest BCUT2D eigenvalue weighted by Crippen LogP contribution is -2.30. The zero-order valence-electron chi connectivity index (χ0n) is 17.0. The minimum Gasteiger partial charge on any atom is -0.435 e. The van der Waals surface area contributed by atoms with Gasteiger partial charge >= 0.3 is 6.61 Å². The molecule has 2 aromatic rings. The van der Waals surface area contributed by atoms with Crippen molar-refractivity contribution in [2.24, 2.45) is 4.99 Å². The zero-order chi connectivity index (χ0) is 22.4. The number of alkyl halides is 2. The molecule has 0 aromatic heterocycles. The van der Waals surface area contributed by atoms with Crippen LogP contribution in [0.25, 0.3) is 6.08 Å². The maximum absolute atomic E-state index is 13.1. The van der Waals surface area contributed by atoms with E-state index in [1.165, 1.54) is 40.9 Å². The summed E-state index contributed by atoms with van der Waals surface area (Å²) in [6.45, 7) is -2.92. The van der Waals surface area contributed by atoms with Crippen molar-refractivity contribution >= 4 is 40.3 Å². The smallest absolute Gasteiger partial charge is 0.387 e. The third-order valence-corrected chi connectivity index (χ3v) is 5.25. The zero-order valence-corrected chi connectivity index (χ0v) is 17.8. The minimum atomic E-state index is -2.92. The van der Waals surface area contributed by atoms with Gasteiger partial charge < -0.3 is 9.64 Å². The lowest BCUT2D eigenvalue weighted by atomic mass is 10.1. The second-order valence-corrected chi connectivity index (χ2v) is 7.74. The Balaban J connectivity index is 1.89. The number of anilines is 2. The fraction of sp³-hybridized carbons (Fsp3) is 0.227. The average molecular weight is 442 g/mol. The number of nitrogens with zero attached hydrogens (tertiary/aromatic N) is 4. The number of amides is 1. The van der Waals surface area contributed by atoms with Crippen molar-refractivity contribution in [2.45, 2.75) is 13.0 Å². The van der Waals surface area contributed by atoms with Crippen LogP contribution in [0.3, 0.4) is 0 Å². The highest BCUT2D eigenvalue weighted by Gasteiger charge is 2.32. The molecular weight excluding hydrogens is 422 g/mol. The predicted molar refractivity (Wildman–Crippen MR) is 119 cm³/mol. The van der Waals surface area contributed by atoms with Crippen molar-refractivity contribution in [2.75, 3.05) is 29.6 Å². The van der Waals surface area contributed by atoms with E-state index in [9.17, 15) is 13.6 Å². The van der Waals surface area contributed by atoms with E-state index in [-0.39, 0.29) is 17.4 Å². The van der Waals surface area contributed by atoms with Crippen molar-refractivity contribution in [1.29, 1.82) is 5.26 Å². The molecule has 0 radical (unpaired) electrons. The first-order valence-corrected chi connectivity index (χ1v) is 10.3. The van der Waals surface area contributed by atoms with E-state index in [0.29, 0.717) is 23.0 Å². The number of aliphatic imine (C=N–C) groups is 1. The molecule has 0 unspecified atom stereocenters. The number of rotatable bonds is 7. The molecule has 0 bridgehead atoms. The molecule has 1 aliphatic heterocycles. The Labute approximate surface area is 183 Å². The number of carbonyl (C=O) groups excluding carboxylic acids is 1. The molecule has 160 valence electrons. The molecule has 0 saturated heterocycles. The Morgan fingerprint density at radius 1 is 1.19 bits per heavy atom. The van der Waals surface area contributed by atoms with Gasteiger partial charge in [-0.15, -0.1) is 0 Å². The predicted octanol–water partition coefficient (Wildman–Crippen LogP) is 4.74. The van der Waals surface area contributed by atoms with Gasteiger partial charge in [0.15, 0.2) is 5.17 Å². The van der Waals surface area contributed by atoms with Crippen molar-refractivity contribution in [3.63, 3.8) is 0 Å². The largest absolute Gasteiger partial charge is 0.435 e. The average Bonchev–Trinajstić information content (AvgIpc) is 3.04. The van der Waals surface area contributed by atoms with Gasteiger partial charge in [-0.1, -0.05) is 23.9 Å². The van der Waals surface area contributed by atoms with Crippen molar-refractivity contribution in [3.8, 4) is 11.8 Å². The van der Waals surface area contributed by atoms with E-state index >= 15 is 0 Å². The molecule has 0 aliphatic carbocycles. The molecule has 0 saturated carbocycles. The summed E-state index contributed by atoms with van der Waals surface area (Å²) in [5.74, 6) is 0.132. The molecule has 0 atom stereocenters. The molecule has 0 fully saturated rings. The van der Waals surface area contributed by atoms with E-state index in [1.807, 2.05) is 43.3 Å². The van der Waals surface area contributed by atoms with Gasteiger partial charge in [0.1, 0.15) is 11.4 Å². The Morgan fingerprint density at radius 3 is 2.45 bits per heavy atom. The number of hydrogen-bond acceptors (Lipinski definition) is 6. The van der Waals surface area contributed by atoms with Gasteiger partial charge in [0, 0.05) is 32.0 Å². The molecule has 2 aromatic carbocycles. The van der Waals surface area contributed by atoms with Gasteiger partial charge in [-0.05, 0) is 48.0 Å². The highest BCUT2D eigenvalue weighted by atomic mass is 32.2. The molecule has 31 heavy (non-hydrogen) atoms. The number of amidine groups is 1. The summed E-state index contributed by atoms with van der Waals surface area (Å²) in [5, 5.41) is 9.24. The first-order valence-electron chi connectivity index (χ1n) is 9.36. The van der Waals surface area contributed by atoms with Gasteiger partial charge in [-0.25, -0.2) is 4.99 Å². The van der Waals surface area contributed by atoms with E-state index in [4.69, 9.17) is 5.26 Å². The summed E-state index contributed by atoms with van der Waals surface area (Å²) >= 11 is 1.28. The standard InChI is InChI=1S/C22H20F2N4O2S/c1-27(2)16-6-4-15(5-7-16)14-19-20(29)28(22(26-19)31-13-3-12-25)17-8-10-18(11-9-17)30-21(23)24/h4-11,14,21H,3,13H2,1-2H3/b19-14-. The van der Waals surface area contributed by atoms with Crippen molar-refractivity contribution < 1.29 is 18.3 Å². The lowest BCUT2D eigenvalue weighted by molar-refractivity contribution is -0.113. The quantitative estimate of drug-likeness (QED) is 0.457. The van der Waals surface area contributed by atoms with Gasteiger partial charge in [-0.3, -0.25) is 9.69 Å². The second-order valence-electron chi connectivity index (χ2n) is 6.68. The van der Waals surface area contributed by atoms with Crippen LogP contribution in [0.4, 0.5) is 20.2 Å². The molecule has 9 heteroatoms. The molecule has 0 spiro atoms. The molecule has 1 amide bonds. The number of benzene rings is 2. The van der Waals surface area contributed by atoms with Crippen molar-refractivity contribution in [1.82, 2.24) is 0 Å². The van der Waals surface area contributed by atoms with Gasteiger partial charge in [0.05, 0.1) is 11.8 Å². The molecule has 0 N–H and O–H groups in total. The molecule has 1 aliphatic rings. The Kier molecular flexibility index (Phi) is 7.26. The number of carbonyl (C=O) groups is 1. The maximum atomic E-state index is 13.1. The molecule has 6 nitrogen and oxygen atoms in total. The SMILES string of the molecule is CN(C)c1ccc(/C=C2\N=C(SCCC#N)N(c3ccc(OC(F)F)cc3)C2=O)cc1. The monoisotopic (exact) mass is 442 g/mol. The van der Waals surface area contributed by atoms with Crippen LogP contribution in [0.5, 0.6) is 5.75 Å². The Hall–Kier alpha value is -3.38. The normalized spacial score (nSPS) is 14.7. The number of halogens is 2. The summed E-state index contributed by atoms with van der Waals surface area (Å²) in [6, 6.07) is 15.5. The number of hydrogen-bond donors (Lipinski definition) is 0. The van der Waals surface area contributed by atoms with E-state index in [1.54, 1.807) is 6.08 Å². The van der Waals surface area contributed by atoms with Crippen LogP contribution in [-0.2, 0) is 4.79 Å². The van der Waals surface area contributed by atoms with Crippen LogP contribution >= 0.6 is 11.8 Å². The second kappa shape index (κ2) is 10.1. The number of ether oxygens (including phenoxy) is 1. The van der Waals surface area contributed by atoms with Gasteiger partial charge in [0.2, 0.25) is 0 Å². The van der Waals surface area contributed by atoms with E-state index in [2.05, 4.69) is 15.8 Å². The fourth-order valence-electron chi connectivity index (χ4n) is 2.81. The number of thioether (sulfide) groups is 1. The van der Waals surface area contributed by atoms with E-state index < -0.39 is 6.61 Å². The molecule has 3 rings (SSSR count). The van der Waals surface area contributed by atoms with Crippen LogP contribution in [0.15, 0.2) is 59.2 Å². The lowest BCUT2D eigenvalue weighted by Gasteiger charge is -2.18. The highest BCUT2D eigenvalue weighted by molar-refractivity contribution is 8.14. The van der Waals surface area contributed by atoms with Gasteiger partial charge in [0.25, 0.3) is 5.91 Å². The third-order valence-electron chi connectivity index (χ3n) is 4.31. The van der Waals surface area contributed by atoms with E-state index in [0.717, 1.165) is 11.3 Å². The van der Waals surface area contributed by atoms with Crippen LogP contribution in [0.2, 0.25) is 0 Å². The third kappa shape index (κ3) is 5.61. The maximum Gasteiger partial charge on any atom is 0.387 e. The number of nitriles is 1. The van der Waals surface area contributed by atoms with Crippen LogP contribution < -0.4 is 14.5 Å². The summed E-state index contributed by atoms with van der Waals surface area (Å²) < 4.78 is 29.2. The van der Waals surface area contributed by atoms with Crippen LogP contribution in [0, 0.1) is 11.3 Å². The van der Waals surface area contributed by atoms with Crippen LogP contribution in [-0.4, -0.2) is 37.5 Å². The Morgan fingerprint density at radius 2 is 1.87 bits per heavy atom. The summed E-state index contributed by atoms with van der Waals surface area (Å²) in [4.78, 5) is 21.0. The molecule has 1 heterocycles. The summed E-state index contributed by atoms with van der Waals surface area (Å²) in [6.07, 6.45) is 2.00. The first-order chi connectivity index (χ1) is 14.9. The fourth-order valence-corrected chi connectivity index (χ4v) is 3.67. The topological polar surface area (TPSA) is 68.9 Å². The summed E-state index contributed by atoms with van der Waals surface area (Å²) in [7, 11) is 3.89. The minimum absolute atomic E-state index is 0.00207. The summed E-state index contributed by atoms with van der Waals surface area (Å²) in [5.41, 5.74) is 2.58. The highest BCUT2D eigenvalue weighted by Crippen LogP contribution is 2.31. The molecular formula is C22H20F2N4O2S. The van der Waals surface area contributed by atoms with Crippen molar-refractivity contribution in [3.05, 3.63) is 59.8 Å². The van der Waals surface area contributed by atoms with Gasteiger partial charge in [-0.2, -0.15) is 14.0 Å². The first kappa shape index (κ1) is 22.3. The Bertz CT molecular complexity index is 1030.